The number of aromatic amines is 2. The number of rotatable bonds is 22. The maximum Gasteiger partial charge on any atom is 0.246 e. The smallest absolute Gasteiger partial charge is 0.246 e. The van der Waals surface area contributed by atoms with E-state index in [9.17, 15) is 63.0 Å². The largest absolute Gasteiger partial charge is 0.508 e. The Morgan fingerprint density at radius 3 is 1.74 bits per heavy atom. The van der Waals surface area contributed by atoms with E-state index in [4.69, 9.17) is 5.73 Å². The second-order valence-corrected chi connectivity index (χ2v) is 36.8. The minimum atomic E-state index is -1.73. The van der Waals surface area contributed by atoms with Gasteiger partial charge in [-0.25, -0.2) is 0 Å². The number of carbonyl (C=O) groups excluding carboxylic acids is 18. The van der Waals surface area contributed by atoms with Crippen LogP contribution in [0, 0.1) is 17.8 Å². The standard InChI is InChI=1S/C93H131N19O20S/c1-12-15-26-72-87(126)103-66(36-52(4)5)86(125)106-71(84(123)99-47-81(120)110-35-33-95-79(118)49-110)50-133-51-80(119)101-68(38-55-29-31-59(113)32-30-55)89(128)107(9)54(8)82(121)104-70(43-77(94)116)91(130)111-34-21-28-73(111)88(127)102-63(14-3)85(124)105-67(37-53(6)7)92(131)112-48-60(114)42-75(112)76(115)41-56(39-57-44-96-64-24-19-17-22-61(57)64)83(122)98-46-78(117)100-69(40-58-45-97-65-25-20-18-23-62(58)65)90(129)109(11)74(27-16-13-2)93(132)108(72)10/h17-20,22-25,29-32,44-45,52-54,56,60,63,66-75,96-97,113-114H,12-16,21,26-28,33-43,46-51H2,1-11H3,(H2,94,116)(H,95,118)(H,98,122)(H,99,123)(H,100,117)(H,101,119)(H,102,127)(H,103,126)(H,104,121)(H,105,124)(H,106,125)/t54-,56+,60+,63-,66-,67-,68-,69?,70-,71-,72-,73-,74-,75-/m0/s1. The molecule has 133 heavy (non-hydrogen) atoms. The number of hydrogen-bond acceptors (Lipinski definition) is 21. The molecule has 2 aromatic heterocycles. The second kappa shape index (κ2) is 49.3. The Morgan fingerprint density at radius 1 is 0.556 bits per heavy atom. The van der Waals surface area contributed by atoms with Crippen LogP contribution in [0.25, 0.3) is 21.8 Å². The predicted octanol–water partition coefficient (Wildman–Crippen LogP) is 0.501. The van der Waals surface area contributed by atoms with Gasteiger partial charge in [0, 0.05) is 119 Å². The van der Waals surface area contributed by atoms with Gasteiger partial charge in [-0.3, -0.25) is 86.3 Å². The molecular formula is C93H131N19O20S. The highest BCUT2D eigenvalue weighted by Crippen LogP contribution is 2.30. The number of nitrogens with zero attached hydrogens (tertiary/aromatic N) is 6. The number of likely N-dealkylation sites (N-methyl/N-ethyl adjacent to an activating group) is 3. The third-order valence-electron chi connectivity index (χ3n) is 24.8. The van der Waals surface area contributed by atoms with Crippen LogP contribution >= 0.6 is 11.8 Å². The summed E-state index contributed by atoms with van der Waals surface area (Å²) in [5.41, 5.74) is 8.74. The number of ketones is 1. The minimum Gasteiger partial charge on any atom is -0.508 e. The van der Waals surface area contributed by atoms with E-state index in [2.05, 4.69) is 63.1 Å². The molecule has 16 N–H and O–H groups in total. The van der Waals surface area contributed by atoms with Gasteiger partial charge in [0.1, 0.15) is 72.2 Å². The average molecular weight is 1870 g/mol. The number of thioether (sulfide) groups is 1. The summed E-state index contributed by atoms with van der Waals surface area (Å²) in [5, 5.41) is 50.0. The number of para-hydroxylation sites is 2. The number of piperazine rings is 1. The fourth-order valence-corrected chi connectivity index (χ4v) is 18.1. The van der Waals surface area contributed by atoms with E-state index < -0.39 is 228 Å². The number of aliphatic hydroxyl groups is 1. The molecule has 1 unspecified atom stereocenters. The first-order valence-corrected chi connectivity index (χ1v) is 47.0. The lowest BCUT2D eigenvalue weighted by Gasteiger charge is -2.36. The highest BCUT2D eigenvalue weighted by atomic mass is 32.2. The number of aromatic nitrogens is 2. The van der Waals surface area contributed by atoms with Gasteiger partial charge in [-0.15, -0.1) is 11.8 Å². The molecule has 40 heteroatoms. The molecule has 9 rings (SSSR count). The van der Waals surface area contributed by atoms with E-state index in [1.165, 1.54) is 67.0 Å². The number of aromatic hydroxyl groups is 1. The number of hydrogen-bond donors (Lipinski definition) is 15. The Bertz CT molecular complexity index is 5020. The monoisotopic (exact) mass is 1870 g/mol. The van der Waals surface area contributed by atoms with Gasteiger partial charge < -0.3 is 108 Å². The normalized spacial score (nSPS) is 25.2. The summed E-state index contributed by atoms with van der Waals surface area (Å²) in [6, 6.07) is 3.02. The van der Waals surface area contributed by atoms with Crippen molar-refractivity contribution in [2.75, 3.05) is 78.5 Å². The molecule has 724 valence electrons. The van der Waals surface area contributed by atoms with E-state index in [0.717, 1.165) is 26.5 Å². The number of carbonyl (C=O) groups is 18. The summed E-state index contributed by atoms with van der Waals surface area (Å²) >= 11 is 0.808. The maximum absolute atomic E-state index is 15.6. The molecule has 0 bridgehead atoms. The van der Waals surface area contributed by atoms with Crippen molar-refractivity contribution in [3.8, 4) is 5.75 Å². The molecule has 4 aliphatic rings. The van der Waals surface area contributed by atoms with Gasteiger partial charge in [-0.05, 0) is 111 Å². The van der Waals surface area contributed by atoms with Gasteiger partial charge in [-0.2, -0.15) is 0 Å². The highest BCUT2D eigenvalue weighted by molar-refractivity contribution is 8.00. The van der Waals surface area contributed by atoms with Gasteiger partial charge in [0.2, 0.25) is 100 Å². The number of nitrogens with two attached hydrogens (primary N) is 1. The number of benzene rings is 3. The fourth-order valence-electron chi connectivity index (χ4n) is 17.3. The molecule has 4 fully saturated rings. The zero-order valence-electron chi connectivity index (χ0n) is 77.6. The number of aliphatic hydroxyl groups excluding tert-OH is 1. The van der Waals surface area contributed by atoms with Gasteiger partial charge in [0.05, 0.1) is 44.0 Å². The third kappa shape index (κ3) is 28.8. The summed E-state index contributed by atoms with van der Waals surface area (Å²) in [7, 11) is 4.05. The molecule has 0 spiro atoms. The van der Waals surface area contributed by atoms with Crippen molar-refractivity contribution in [3.63, 3.8) is 0 Å². The summed E-state index contributed by atoms with van der Waals surface area (Å²) in [4.78, 5) is 276. The summed E-state index contributed by atoms with van der Waals surface area (Å²) in [6.07, 6.45) is 2.15. The van der Waals surface area contributed by atoms with Crippen LogP contribution in [0.5, 0.6) is 5.75 Å². The predicted molar refractivity (Wildman–Crippen MR) is 494 cm³/mol. The third-order valence-corrected chi connectivity index (χ3v) is 25.8. The van der Waals surface area contributed by atoms with Gasteiger partial charge in [-0.1, -0.05) is 123 Å². The average Bonchev–Trinajstić information content (AvgIpc) is 1.05. The molecule has 0 saturated carbocycles. The van der Waals surface area contributed by atoms with Crippen molar-refractivity contribution in [1.29, 1.82) is 0 Å². The molecule has 6 heterocycles. The lowest BCUT2D eigenvalue weighted by atomic mass is 9.90. The fraction of sp³-hybridized carbons (Fsp3) is 0.570. The van der Waals surface area contributed by atoms with E-state index in [1.54, 1.807) is 59.1 Å². The van der Waals surface area contributed by atoms with Crippen molar-refractivity contribution >= 4 is 140 Å². The highest BCUT2D eigenvalue weighted by Gasteiger charge is 2.46. The number of fused-ring (bicyclic) bond motifs is 4. The Morgan fingerprint density at radius 2 is 1.12 bits per heavy atom. The van der Waals surface area contributed by atoms with E-state index in [-0.39, 0.29) is 121 Å². The topological polar surface area (TPSA) is 545 Å². The van der Waals surface area contributed by atoms with Crippen molar-refractivity contribution in [1.82, 2.24) is 92.5 Å². The van der Waals surface area contributed by atoms with Crippen LogP contribution in [0.1, 0.15) is 162 Å². The van der Waals surface area contributed by atoms with Gasteiger partial charge in [0.25, 0.3) is 0 Å². The molecule has 4 aliphatic heterocycles. The molecule has 0 radical (unpaired) electrons. The van der Waals surface area contributed by atoms with Crippen LogP contribution in [0.15, 0.2) is 85.2 Å². The molecule has 3 aromatic carbocycles. The molecule has 39 nitrogen and oxygen atoms in total. The molecular weight excluding hydrogens is 1740 g/mol. The van der Waals surface area contributed by atoms with Crippen LogP contribution in [0.2, 0.25) is 0 Å². The van der Waals surface area contributed by atoms with Crippen molar-refractivity contribution in [3.05, 3.63) is 102 Å². The Kier molecular flexibility index (Phi) is 38.6. The van der Waals surface area contributed by atoms with Crippen molar-refractivity contribution < 1.29 is 96.5 Å². The Balaban J connectivity index is 1.07. The quantitative estimate of drug-likeness (QED) is 0.0449. The van der Waals surface area contributed by atoms with Crippen LogP contribution in [-0.2, 0) is 106 Å². The van der Waals surface area contributed by atoms with Crippen molar-refractivity contribution in [2.24, 2.45) is 23.5 Å². The number of H-pyrrole nitrogens is 2. The minimum absolute atomic E-state index is 0.00339. The SMILES string of the molecule is CCCC[C@H]1C(=O)N(C)[C@@H](CCCC)C(=O)N[C@@H](CC(C)C)C(=O)N[C@H](C(=O)NCC(=O)N2CCNC(=O)C2)CSCC(=O)N[C@@H](Cc2ccc(O)cc2)C(=O)N(C)[C@@H](C)C(=O)N[C@@H](CC(N)=O)C(=O)N2CCC[C@H]2C(=O)N[C@@H](CC)C(=O)N[C@@H](CC(C)C)C(=O)N2C[C@H](O)C[C@H]2C(=O)C[C@@H](Cc2c[nH]c3ccccc23)C(=O)NCC(=O)NC(Cc2c[nH]c3ccccc23)C(=O)N1C. The van der Waals surface area contributed by atoms with Gasteiger partial charge >= 0.3 is 0 Å². The molecule has 4 saturated heterocycles. The lowest BCUT2D eigenvalue weighted by Crippen LogP contribution is -2.60. The molecule has 5 aromatic rings. The van der Waals surface area contributed by atoms with E-state index in [1.807, 2.05) is 50.2 Å². The summed E-state index contributed by atoms with van der Waals surface area (Å²) < 4.78 is 0. The molecule has 0 aliphatic carbocycles. The number of Topliss-reactive ketones (excluding diaryl/α,β-unsaturated/α-hetero) is 1. The van der Waals surface area contributed by atoms with Crippen LogP contribution in [0.3, 0.4) is 0 Å². The number of amides is 17. The zero-order chi connectivity index (χ0) is 97.2. The second-order valence-electron chi connectivity index (χ2n) is 35.8. The first kappa shape index (κ1) is 104. The van der Waals surface area contributed by atoms with Crippen LogP contribution in [-0.4, -0.2) is 313 Å². The number of phenolic OH excluding ortho intramolecular Hbond substituents is 1. The first-order valence-electron chi connectivity index (χ1n) is 45.9. The van der Waals surface area contributed by atoms with Gasteiger partial charge in [0.15, 0.2) is 5.78 Å². The first-order chi connectivity index (χ1) is 63.3. The Labute approximate surface area is 777 Å². The summed E-state index contributed by atoms with van der Waals surface area (Å²) in [6.45, 7) is 11.9. The summed E-state index contributed by atoms with van der Waals surface area (Å²) in [5.74, 6) is -17.4. The van der Waals surface area contributed by atoms with E-state index >= 15 is 33.6 Å². The van der Waals surface area contributed by atoms with Crippen molar-refractivity contribution in [2.45, 2.75) is 243 Å². The molecule has 14 atom stereocenters. The molecule has 17 amide bonds. The number of primary amides is 1. The Hall–Kier alpha value is -12.5. The number of nitrogens with one attached hydrogen (secondary N) is 12. The van der Waals surface area contributed by atoms with E-state index in [0.29, 0.717) is 64.2 Å². The lowest BCUT2D eigenvalue weighted by molar-refractivity contribution is -0.149. The van der Waals surface area contributed by atoms with Crippen LogP contribution in [0.4, 0.5) is 0 Å². The maximum atomic E-state index is 15.6. The zero-order valence-corrected chi connectivity index (χ0v) is 78.4. The number of phenols is 1. The number of unbranched alkanes of at least 4 members (excludes halogenated alkanes) is 2. The van der Waals surface area contributed by atoms with Crippen LogP contribution < -0.4 is 58.9 Å².